The van der Waals surface area contributed by atoms with Crippen LogP contribution in [0, 0.1) is 22.7 Å². The molecule has 0 amide bonds. The average Bonchev–Trinajstić information content (AvgIpc) is 1.61. The van der Waals surface area contributed by atoms with Gasteiger partial charge < -0.3 is 46.1 Å². The first-order valence-corrected chi connectivity index (χ1v) is 47.9. The average molecular weight is 1810 g/mol. The molecule has 0 bridgehead atoms. The lowest BCUT2D eigenvalue weighted by molar-refractivity contribution is 0.572. The second kappa shape index (κ2) is 32.6. The van der Waals surface area contributed by atoms with Gasteiger partial charge in [0.2, 0.25) is 0 Å². The van der Waals surface area contributed by atoms with Crippen molar-refractivity contribution in [3.63, 3.8) is 0 Å². The summed E-state index contributed by atoms with van der Waals surface area (Å²) < 4.78 is 40.7. The van der Waals surface area contributed by atoms with Gasteiger partial charge in [-0.05, 0) is 307 Å². The van der Waals surface area contributed by atoms with Gasteiger partial charge in [0.25, 0.3) is 0 Å². The van der Waals surface area contributed by atoms with Crippen molar-refractivity contribution >= 4 is 243 Å². The Balaban J connectivity index is 0.000000150. The first-order chi connectivity index (χ1) is 68.1. The molecule has 12 heteroatoms. The predicted octanol–water partition coefficient (Wildman–Crippen LogP) is 37.8. The zero-order valence-electron chi connectivity index (χ0n) is 79.1. The summed E-state index contributed by atoms with van der Waals surface area (Å²) in [5.41, 5.74) is 28.3. The molecule has 672 valence electrons. The lowest BCUT2D eigenvalue weighted by Gasteiger charge is -2.26. The second-order valence-corrected chi connectivity index (χ2v) is 39.8. The van der Waals surface area contributed by atoms with Gasteiger partial charge in [0.1, 0.15) is 55.8 Å². The molecule has 0 fully saturated rings. The Morgan fingerprint density at radius 3 is 0.743 bits per heavy atom. The Hall–Kier alpha value is -17.6. The Bertz CT molecular complexity index is 9070. The fourth-order valence-electron chi connectivity index (χ4n) is 21.0. The second-order valence-electron chi connectivity index (χ2n) is 39.8. The van der Waals surface area contributed by atoms with Crippen LogP contribution in [0.15, 0.2) is 403 Å². The number of nitrogens with zero attached hydrogens (tertiary/aromatic N) is 6. The van der Waals surface area contributed by atoms with E-state index in [9.17, 15) is 10.5 Å². The first-order valence-electron chi connectivity index (χ1n) is 47.9. The van der Waals surface area contributed by atoms with Gasteiger partial charge >= 0.3 is 0 Å². The summed E-state index contributed by atoms with van der Waals surface area (Å²) in [6, 6.07) is 137. The number of fused-ring (bicyclic) bond motifs is 22. The van der Waals surface area contributed by atoms with Crippen LogP contribution in [0.5, 0.6) is 0 Å². The first kappa shape index (κ1) is 84.2. The topological polar surface area (TPSA) is 139 Å². The molecular weight excluding hydrogens is 1720 g/mol. The predicted molar refractivity (Wildman–Crippen MR) is 580 cm³/mol. The van der Waals surface area contributed by atoms with Gasteiger partial charge in [-0.3, -0.25) is 0 Å². The van der Waals surface area contributed by atoms with Crippen molar-refractivity contribution in [2.45, 2.75) is 91.9 Å². The number of rotatable bonds is 14. The van der Waals surface area contributed by atoms with Crippen molar-refractivity contribution in [2.75, 3.05) is 19.6 Å². The minimum absolute atomic E-state index is 0.0787. The maximum atomic E-state index is 9.50. The maximum Gasteiger partial charge on any atom is 0.159 e. The summed E-state index contributed by atoms with van der Waals surface area (Å²) in [5, 5.41) is 40.4. The third-order valence-corrected chi connectivity index (χ3v) is 28.2. The standard InChI is InChI=1S/C70H52N2O4.C58H42N4O2/c1-69(2,3)57-25-13-21-49-51-23-15-27-59(67(51)75-65(49)57)71(45-17-9-7-10-18-45)47-31-29-41-35-53-55-39-64-56(40-63(55)73-61(53)37-43(41)33-47)54-36-42-30-32-48(34-44(42)38-62(54)74-64)72(46-19-11-8-12-20-46)60-28-16-24-52-50-22-14-26-58(70(4,5)6)66(50)76-68(52)60;1-35(2)39-9-19-47(20-10-39)61(45-15-5-37(33-59)6-16-45)49-23-13-41-27-51-53-31-58-54(32-57(53)63-55(51)29-43(41)25-49)52-28-42-14-24-50(26-44(42)30-56(52)64-58)62(46-17-7-38(34-60)8-18-46)48-21-11-40(12-22-48)36(3)4/h7-40H,1-6H3;5-32,35-36H,1-4H3. The van der Waals surface area contributed by atoms with E-state index in [2.05, 4.69) is 429 Å². The van der Waals surface area contributed by atoms with Crippen LogP contribution in [0.2, 0.25) is 0 Å². The van der Waals surface area contributed by atoms with Crippen LogP contribution in [0.25, 0.3) is 175 Å². The number of hydrogen-bond acceptors (Lipinski definition) is 12. The summed E-state index contributed by atoms with van der Waals surface area (Å²) >= 11 is 0. The summed E-state index contributed by atoms with van der Waals surface area (Å²) in [7, 11) is 0. The Morgan fingerprint density at radius 1 is 0.207 bits per heavy atom. The third-order valence-electron chi connectivity index (χ3n) is 28.2. The molecule has 0 N–H and O–H groups in total. The molecule has 20 aromatic carbocycles. The molecule has 0 aliphatic rings. The van der Waals surface area contributed by atoms with Crippen LogP contribution in [0.1, 0.15) is 114 Å². The summed E-state index contributed by atoms with van der Waals surface area (Å²) in [5.74, 6) is 0.859. The largest absolute Gasteiger partial charge is 0.456 e. The van der Waals surface area contributed by atoms with Crippen molar-refractivity contribution in [1.82, 2.24) is 0 Å². The highest BCUT2D eigenvalue weighted by Gasteiger charge is 2.30. The molecule has 0 saturated heterocycles. The highest BCUT2D eigenvalue weighted by molar-refractivity contribution is 6.22. The molecule has 0 spiro atoms. The molecule has 0 radical (unpaired) electrons. The Kier molecular flexibility index (Phi) is 19.6. The molecule has 26 aromatic rings. The van der Waals surface area contributed by atoms with E-state index >= 15 is 0 Å². The smallest absolute Gasteiger partial charge is 0.159 e. The Morgan fingerprint density at radius 2 is 0.457 bits per heavy atom. The van der Waals surface area contributed by atoms with Crippen LogP contribution < -0.4 is 19.6 Å². The SMILES string of the molecule is CC(C)(C)c1cccc2c1oc1c(N(c3ccccc3)c3ccc4cc5c(cc4c3)oc3cc4c(cc35)oc3cc5cc(N(c6ccccc6)c6cccc7c6oc6c(C(C)(C)C)cccc67)ccc5cc34)cccc12.CC(C)c1ccc(N(c2ccc(C#N)cc2)c2ccc3cc4c(cc3c2)oc2cc3c(cc24)oc2cc4cc(N(c5ccc(C#N)cc5)c5ccc(C(C)C)cc5)ccc4cc23)cc1. The molecule has 140 heavy (non-hydrogen) atoms. The maximum absolute atomic E-state index is 9.50. The molecule has 0 unspecified atom stereocenters. The van der Waals surface area contributed by atoms with Crippen molar-refractivity contribution in [2.24, 2.45) is 0 Å². The van der Waals surface area contributed by atoms with Crippen molar-refractivity contribution in [1.29, 1.82) is 10.5 Å². The molecule has 0 aliphatic carbocycles. The molecule has 12 nitrogen and oxygen atoms in total. The third kappa shape index (κ3) is 14.3. The van der Waals surface area contributed by atoms with Gasteiger partial charge in [0, 0.05) is 133 Å². The quantitative estimate of drug-likeness (QED) is 0.102. The molecule has 6 heterocycles. The number of benzene rings is 20. The van der Waals surface area contributed by atoms with Crippen LogP contribution >= 0.6 is 0 Å². The molecule has 0 atom stereocenters. The van der Waals surface area contributed by atoms with Crippen LogP contribution in [0.3, 0.4) is 0 Å². The zero-order chi connectivity index (χ0) is 94.8. The van der Waals surface area contributed by atoms with E-state index in [1.165, 1.54) is 22.3 Å². The van der Waals surface area contributed by atoms with E-state index < -0.39 is 0 Å². The number of anilines is 12. The summed E-state index contributed by atoms with van der Waals surface area (Å²) in [6.07, 6.45) is 0. The number of para-hydroxylation sites is 6. The van der Waals surface area contributed by atoms with Crippen LogP contribution in [0.4, 0.5) is 68.2 Å². The zero-order valence-corrected chi connectivity index (χ0v) is 79.1. The van der Waals surface area contributed by atoms with E-state index in [-0.39, 0.29) is 10.8 Å². The van der Waals surface area contributed by atoms with Crippen LogP contribution in [-0.4, -0.2) is 0 Å². The highest BCUT2D eigenvalue weighted by atomic mass is 16.4. The van der Waals surface area contributed by atoms with Gasteiger partial charge in [-0.15, -0.1) is 0 Å². The molecule has 6 aromatic heterocycles. The van der Waals surface area contributed by atoms with Gasteiger partial charge in [0.05, 0.1) is 34.6 Å². The lowest BCUT2D eigenvalue weighted by atomic mass is 9.86. The van der Waals surface area contributed by atoms with Crippen LogP contribution in [-0.2, 0) is 10.8 Å². The fourth-order valence-corrected chi connectivity index (χ4v) is 21.0. The molecule has 0 saturated carbocycles. The van der Waals surface area contributed by atoms with Crippen molar-refractivity contribution in [3.8, 4) is 12.1 Å². The van der Waals surface area contributed by atoms with Crippen molar-refractivity contribution in [3.05, 3.63) is 409 Å². The normalized spacial score (nSPS) is 12.2. The van der Waals surface area contributed by atoms with Crippen molar-refractivity contribution < 1.29 is 26.5 Å². The minimum Gasteiger partial charge on any atom is -0.456 e. The lowest BCUT2D eigenvalue weighted by Crippen LogP contribution is -2.11. The summed E-state index contributed by atoms with van der Waals surface area (Å²) in [6.45, 7) is 22.3. The Labute approximate surface area is 807 Å². The number of furan rings is 6. The summed E-state index contributed by atoms with van der Waals surface area (Å²) in [4.78, 5) is 9.07. The molecule has 0 aliphatic heterocycles. The molecule has 26 rings (SSSR count). The number of nitriles is 2. The van der Waals surface area contributed by atoms with E-state index in [0.717, 1.165) is 243 Å². The van der Waals surface area contributed by atoms with E-state index in [1.807, 2.05) is 48.5 Å². The van der Waals surface area contributed by atoms with Gasteiger partial charge in [-0.2, -0.15) is 10.5 Å². The van der Waals surface area contributed by atoms with E-state index in [1.54, 1.807) is 0 Å². The number of hydrogen-bond donors (Lipinski definition) is 0. The van der Waals surface area contributed by atoms with Gasteiger partial charge in [0.15, 0.2) is 11.2 Å². The highest BCUT2D eigenvalue weighted by Crippen LogP contribution is 2.52. The molecular formula is C128H94N6O6. The van der Waals surface area contributed by atoms with E-state index in [4.69, 9.17) is 26.5 Å². The minimum atomic E-state index is -0.0787. The van der Waals surface area contributed by atoms with E-state index in [0.29, 0.717) is 23.0 Å². The fraction of sp³-hybridized carbons (Fsp3) is 0.109. The van der Waals surface area contributed by atoms with Gasteiger partial charge in [-0.25, -0.2) is 0 Å². The monoisotopic (exact) mass is 1810 g/mol. The van der Waals surface area contributed by atoms with Gasteiger partial charge in [-0.1, -0.05) is 215 Å².